The molecule has 1 aliphatic rings. The Hall–Kier alpha value is -0.120. The van der Waals surface area contributed by atoms with Gasteiger partial charge in [-0.3, -0.25) is 0 Å². The predicted molar refractivity (Wildman–Crippen MR) is 87.0 cm³/mol. The van der Waals surface area contributed by atoms with Crippen LogP contribution in [-0.2, 0) is 0 Å². The molecule has 0 aromatic rings. The van der Waals surface area contributed by atoms with Gasteiger partial charge in [0.25, 0.3) is 0 Å². The van der Waals surface area contributed by atoms with Crippen LogP contribution in [0.25, 0.3) is 0 Å². The zero-order valence-corrected chi connectivity index (χ0v) is 14.1. The Kier molecular flexibility index (Phi) is 8.74. The van der Waals surface area contributed by atoms with Crippen LogP contribution in [0.5, 0.6) is 0 Å². The molecule has 0 bridgehead atoms. The third-order valence-electron chi connectivity index (χ3n) is 5.00. The van der Waals surface area contributed by atoms with Crippen LogP contribution in [0.4, 0.5) is 0 Å². The molecule has 3 heteroatoms. The normalized spacial score (nSPS) is 27.4. The first-order chi connectivity index (χ1) is 9.62. The molecule has 0 aliphatic heterocycles. The van der Waals surface area contributed by atoms with Crippen LogP contribution in [0.2, 0.25) is 0 Å². The van der Waals surface area contributed by atoms with Crippen LogP contribution >= 0.6 is 0 Å². The van der Waals surface area contributed by atoms with E-state index in [4.69, 9.17) is 5.11 Å². The molecule has 0 spiro atoms. The Morgan fingerprint density at radius 3 is 2.55 bits per heavy atom. The van der Waals surface area contributed by atoms with Crippen molar-refractivity contribution >= 4 is 0 Å². The number of hydrogen-bond acceptors (Lipinski definition) is 3. The molecule has 0 heterocycles. The van der Waals surface area contributed by atoms with Gasteiger partial charge >= 0.3 is 0 Å². The summed E-state index contributed by atoms with van der Waals surface area (Å²) in [5.41, 5.74) is 0. The van der Waals surface area contributed by atoms with Gasteiger partial charge in [-0.15, -0.1) is 0 Å². The highest BCUT2D eigenvalue weighted by molar-refractivity contribution is 4.87. The zero-order chi connectivity index (χ0) is 15.0. The van der Waals surface area contributed by atoms with Crippen molar-refractivity contribution in [2.24, 2.45) is 17.8 Å². The number of nitrogens with one attached hydrogen (secondary N) is 1. The lowest BCUT2D eigenvalue weighted by Crippen LogP contribution is -2.46. The Morgan fingerprint density at radius 2 is 2.00 bits per heavy atom. The molecule has 1 rings (SSSR count). The maximum Gasteiger partial charge on any atom is 0.0443 e. The van der Waals surface area contributed by atoms with Crippen molar-refractivity contribution < 1.29 is 5.11 Å². The number of aliphatic hydroxyl groups excluding tert-OH is 1. The molecule has 0 aromatic carbocycles. The highest BCUT2D eigenvalue weighted by atomic mass is 16.3. The molecule has 0 saturated heterocycles. The van der Waals surface area contributed by atoms with Crippen molar-refractivity contribution in [1.29, 1.82) is 0 Å². The first-order valence-electron chi connectivity index (χ1n) is 8.68. The predicted octanol–water partition coefficient (Wildman–Crippen LogP) is 2.74. The van der Waals surface area contributed by atoms with Crippen LogP contribution in [0.15, 0.2) is 0 Å². The fourth-order valence-electron chi connectivity index (χ4n) is 3.64. The number of rotatable bonds is 9. The summed E-state index contributed by atoms with van der Waals surface area (Å²) < 4.78 is 0. The lowest BCUT2D eigenvalue weighted by molar-refractivity contribution is 0.120. The monoisotopic (exact) mass is 284 g/mol. The topological polar surface area (TPSA) is 35.5 Å². The fraction of sp³-hybridized carbons (Fsp3) is 1.00. The zero-order valence-electron chi connectivity index (χ0n) is 14.1. The van der Waals surface area contributed by atoms with Crippen molar-refractivity contribution in [2.75, 3.05) is 32.8 Å². The first-order valence-corrected chi connectivity index (χ1v) is 8.68. The molecule has 1 fully saturated rings. The summed E-state index contributed by atoms with van der Waals surface area (Å²) in [5.74, 6) is 2.48. The third-order valence-corrected chi connectivity index (χ3v) is 5.00. The van der Waals surface area contributed by atoms with Gasteiger partial charge in [-0.2, -0.15) is 0 Å². The molecular weight excluding hydrogens is 248 g/mol. The summed E-state index contributed by atoms with van der Waals surface area (Å²) in [4.78, 5) is 2.52. The van der Waals surface area contributed by atoms with E-state index in [1.807, 2.05) is 0 Å². The van der Waals surface area contributed by atoms with E-state index in [1.54, 1.807) is 0 Å². The standard InChI is InChI=1S/C17H36N2O/c1-5-18-17-9-8-15(14(3)4)12-16(17)13-19(6-2)10-7-11-20/h14-18,20H,5-13H2,1-4H3. The molecule has 0 amide bonds. The number of hydrogen-bond donors (Lipinski definition) is 2. The van der Waals surface area contributed by atoms with E-state index < -0.39 is 0 Å². The van der Waals surface area contributed by atoms with Gasteiger partial charge in [0, 0.05) is 25.7 Å². The van der Waals surface area contributed by atoms with Crippen LogP contribution in [0.1, 0.15) is 53.4 Å². The molecule has 120 valence electrons. The fourth-order valence-corrected chi connectivity index (χ4v) is 3.64. The maximum atomic E-state index is 9.03. The SMILES string of the molecule is CCNC1CCC(C(C)C)CC1CN(CC)CCCO. The van der Waals surface area contributed by atoms with Crippen LogP contribution in [0, 0.1) is 17.8 Å². The van der Waals surface area contributed by atoms with Gasteiger partial charge in [0.05, 0.1) is 0 Å². The molecule has 2 N–H and O–H groups in total. The average molecular weight is 284 g/mol. The van der Waals surface area contributed by atoms with Gasteiger partial charge in [0.1, 0.15) is 0 Å². The van der Waals surface area contributed by atoms with E-state index in [0.29, 0.717) is 12.6 Å². The Morgan fingerprint density at radius 1 is 1.25 bits per heavy atom. The van der Waals surface area contributed by atoms with E-state index in [-0.39, 0.29) is 0 Å². The lowest BCUT2D eigenvalue weighted by atomic mass is 9.73. The number of nitrogens with zero attached hydrogens (tertiary/aromatic N) is 1. The minimum absolute atomic E-state index is 0.312. The van der Waals surface area contributed by atoms with E-state index in [9.17, 15) is 0 Å². The minimum atomic E-state index is 0.312. The highest BCUT2D eigenvalue weighted by Crippen LogP contribution is 2.34. The largest absolute Gasteiger partial charge is 0.396 e. The smallest absolute Gasteiger partial charge is 0.0443 e. The summed E-state index contributed by atoms with van der Waals surface area (Å²) in [6.45, 7) is 13.9. The Bertz CT molecular complexity index is 245. The molecular formula is C17H36N2O. The summed E-state index contributed by atoms with van der Waals surface area (Å²) in [6, 6.07) is 0.693. The van der Waals surface area contributed by atoms with Crippen molar-refractivity contribution in [2.45, 2.75) is 59.4 Å². The number of aliphatic hydroxyl groups is 1. The van der Waals surface area contributed by atoms with Crippen molar-refractivity contribution in [1.82, 2.24) is 10.2 Å². The second-order valence-corrected chi connectivity index (χ2v) is 6.71. The molecule has 1 aliphatic carbocycles. The van der Waals surface area contributed by atoms with Gasteiger partial charge in [0.15, 0.2) is 0 Å². The van der Waals surface area contributed by atoms with Crippen LogP contribution in [-0.4, -0.2) is 48.8 Å². The van der Waals surface area contributed by atoms with Gasteiger partial charge < -0.3 is 15.3 Å². The van der Waals surface area contributed by atoms with E-state index >= 15 is 0 Å². The second-order valence-electron chi connectivity index (χ2n) is 6.71. The quantitative estimate of drug-likeness (QED) is 0.683. The van der Waals surface area contributed by atoms with Crippen molar-refractivity contribution in [3.05, 3.63) is 0 Å². The summed E-state index contributed by atoms with van der Waals surface area (Å²) in [5, 5.41) is 12.7. The summed E-state index contributed by atoms with van der Waals surface area (Å²) in [6.07, 6.45) is 4.98. The summed E-state index contributed by atoms with van der Waals surface area (Å²) in [7, 11) is 0. The maximum absolute atomic E-state index is 9.03. The lowest BCUT2D eigenvalue weighted by Gasteiger charge is -2.40. The molecule has 1 saturated carbocycles. The van der Waals surface area contributed by atoms with Crippen molar-refractivity contribution in [3.8, 4) is 0 Å². The van der Waals surface area contributed by atoms with Crippen molar-refractivity contribution in [3.63, 3.8) is 0 Å². The Balaban J connectivity index is 2.57. The van der Waals surface area contributed by atoms with Crippen LogP contribution in [0.3, 0.4) is 0 Å². The second kappa shape index (κ2) is 9.75. The van der Waals surface area contributed by atoms with E-state index in [0.717, 1.165) is 43.8 Å². The van der Waals surface area contributed by atoms with Gasteiger partial charge in [-0.25, -0.2) is 0 Å². The minimum Gasteiger partial charge on any atom is -0.396 e. The molecule has 3 atom stereocenters. The highest BCUT2D eigenvalue weighted by Gasteiger charge is 2.32. The third kappa shape index (κ3) is 5.71. The Labute approximate surface area is 126 Å². The molecule has 20 heavy (non-hydrogen) atoms. The molecule has 0 aromatic heterocycles. The average Bonchev–Trinajstić information content (AvgIpc) is 2.44. The molecule has 3 nitrogen and oxygen atoms in total. The van der Waals surface area contributed by atoms with Gasteiger partial charge in [-0.05, 0) is 56.5 Å². The van der Waals surface area contributed by atoms with Crippen LogP contribution < -0.4 is 5.32 Å². The molecule has 3 unspecified atom stereocenters. The first kappa shape index (κ1) is 17.9. The van der Waals surface area contributed by atoms with Gasteiger partial charge in [0.2, 0.25) is 0 Å². The van der Waals surface area contributed by atoms with Gasteiger partial charge in [-0.1, -0.05) is 27.7 Å². The molecule has 0 radical (unpaired) electrons. The van der Waals surface area contributed by atoms with E-state index in [2.05, 4.69) is 37.9 Å². The summed E-state index contributed by atoms with van der Waals surface area (Å²) >= 11 is 0. The van der Waals surface area contributed by atoms with E-state index in [1.165, 1.54) is 25.8 Å².